The van der Waals surface area contributed by atoms with Gasteiger partial charge in [0.1, 0.15) is 11.7 Å². The smallest absolute Gasteiger partial charge is 0.349 e. The predicted octanol–water partition coefficient (Wildman–Crippen LogP) is 0.340. The summed E-state index contributed by atoms with van der Waals surface area (Å²) in [6, 6.07) is 0.334. The molecular formula is C18H19F2NO7. The molecule has 0 bridgehead atoms. The van der Waals surface area contributed by atoms with Crippen LogP contribution in [-0.4, -0.2) is 62.1 Å². The van der Waals surface area contributed by atoms with Crippen LogP contribution in [0, 0.1) is 17.6 Å². The number of hydrogen-bond acceptors (Lipinski definition) is 7. The summed E-state index contributed by atoms with van der Waals surface area (Å²) in [5.41, 5.74) is -2.40. The van der Waals surface area contributed by atoms with Gasteiger partial charge in [0.2, 0.25) is 5.82 Å². The van der Waals surface area contributed by atoms with Crippen LogP contribution in [0.3, 0.4) is 0 Å². The van der Waals surface area contributed by atoms with Crippen LogP contribution >= 0.6 is 0 Å². The molecule has 3 rings (SSSR count). The van der Waals surface area contributed by atoms with Gasteiger partial charge in [-0.2, -0.15) is 4.39 Å². The van der Waals surface area contributed by atoms with E-state index < -0.39 is 70.3 Å². The van der Waals surface area contributed by atoms with Crippen molar-refractivity contribution in [3.05, 3.63) is 39.8 Å². The molecule has 1 saturated heterocycles. The lowest BCUT2D eigenvalue weighted by Crippen LogP contribution is -2.40. The van der Waals surface area contributed by atoms with Crippen molar-refractivity contribution in [2.75, 3.05) is 6.61 Å². The largest absolute Gasteiger partial charge is 0.503 e. The molecule has 8 nitrogen and oxygen atoms in total. The van der Waals surface area contributed by atoms with Gasteiger partial charge in [-0.25, -0.2) is 9.18 Å². The Morgan fingerprint density at radius 2 is 1.96 bits per heavy atom. The van der Waals surface area contributed by atoms with E-state index in [4.69, 9.17) is 9.52 Å². The van der Waals surface area contributed by atoms with Gasteiger partial charge in [0.25, 0.3) is 5.91 Å². The number of benzene rings is 1. The van der Waals surface area contributed by atoms with Crippen LogP contribution in [0.5, 0.6) is 5.75 Å². The van der Waals surface area contributed by atoms with Crippen LogP contribution in [0.4, 0.5) is 8.78 Å². The van der Waals surface area contributed by atoms with Gasteiger partial charge in [0, 0.05) is 17.9 Å². The zero-order chi connectivity index (χ0) is 20.9. The molecule has 2 heterocycles. The summed E-state index contributed by atoms with van der Waals surface area (Å²) in [5, 5.41) is 38.4. The maximum Gasteiger partial charge on any atom is 0.349 e. The average molecular weight is 399 g/mol. The Balaban J connectivity index is 1.93. The summed E-state index contributed by atoms with van der Waals surface area (Å²) in [7, 11) is 0. The van der Waals surface area contributed by atoms with E-state index in [2.05, 4.69) is 0 Å². The molecule has 10 heteroatoms. The topological polar surface area (TPSA) is 131 Å². The molecule has 1 aromatic heterocycles. The van der Waals surface area contributed by atoms with E-state index in [-0.39, 0.29) is 12.0 Å². The van der Waals surface area contributed by atoms with Gasteiger partial charge in [-0.1, -0.05) is 6.92 Å². The fraction of sp³-hybridized carbons (Fsp3) is 0.444. The molecule has 1 aromatic carbocycles. The zero-order valence-corrected chi connectivity index (χ0v) is 15.0. The van der Waals surface area contributed by atoms with Crippen LogP contribution in [0.15, 0.2) is 21.3 Å². The van der Waals surface area contributed by atoms with Gasteiger partial charge in [0.15, 0.2) is 17.1 Å². The molecule has 1 aliphatic heterocycles. The second-order valence-corrected chi connectivity index (χ2v) is 6.97. The lowest BCUT2D eigenvalue weighted by atomic mass is 9.97. The van der Waals surface area contributed by atoms with Crippen molar-refractivity contribution in [2.45, 2.75) is 38.1 Å². The number of fused-ring (bicyclic) bond motifs is 1. The summed E-state index contributed by atoms with van der Waals surface area (Å²) < 4.78 is 32.2. The second-order valence-electron chi connectivity index (χ2n) is 6.97. The first-order valence-electron chi connectivity index (χ1n) is 8.54. The van der Waals surface area contributed by atoms with E-state index >= 15 is 0 Å². The molecule has 4 N–H and O–H groups in total. The van der Waals surface area contributed by atoms with E-state index in [9.17, 15) is 33.7 Å². The van der Waals surface area contributed by atoms with Crippen LogP contribution in [0.1, 0.15) is 24.2 Å². The first kappa shape index (κ1) is 20.2. The highest BCUT2D eigenvalue weighted by Gasteiger charge is 2.54. The summed E-state index contributed by atoms with van der Waals surface area (Å²) in [6.07, 6.45) is -2.66. The summed E-state index contributed by atoms with van der Waals surface area (Å²) in [4.78, 5) is 25.9. The fourth-order valence-corrected chi connectivity index (χ4v) is 3.26. The Bertz CT molecular complexity index is 992. The number of nitrogens with zero attached hydrogens (tertiary/aromatic N) is 1. The number of carbonyl (C=O) groups excluding carboxylic acids is 1. The van der Waals surface area contributed by atoms with Gasteiger partial charge in [-0.15, -0.1) is 0 Å². The summed E-state index contributed by atoms with van der Waals surface area (Å²) >= 11 is 0. The van der Waals surface area contributed by atoms with Crippen molar-refractivity contribution in [3.8, 4) is 5.75 Å². The van der Waals surface area contributed by atoms with Crippen LogP contribution < -0.4 is 5.63 Å². The molecule has 152 valence electrons. The zero-order valence-electron chi connectivity index (χ0n) is 15.0. The number of aliphatic hydroxyl groups excluding tert-OH is 3. The highest BCUT2D eigenvalue weighted by molar-refractivity contribution is 5.98. The Morgan fingerprint density at radius 3 is 2.57 bits per heavy atom. The van der Waals surface area contributed by atoms with Crippen LogP contribution in [-0.2, 0) is 0 Å². The van der Waals surface area contributed by atoms with Crippen LogP contribution in [0.2, 0.25) is 0 Å². The second kappa shape index (κ2) is 7.12. The number of aliphatic hydroxyl groups is 3. The maximum atomic E-state index is 13.9. The van der Waals surface area contributed by atoms with E-state index in [0.717, 1.165) is 17.0 Å². The molecule has 1 fully saturated rings. The third-order valence-corrected chi connectivity index (χ3v) is 5.09. The molecule has 28 heavy (non-hydrogen) atoms. The van der Waals surface area contributed by atoms with Crippen molar-refractivity contribution >= 4 is 16.9 Å². The molecule has 1 amide bonds. The van der Waals surface area contributed by atoms with Crippen molar-refractivity contribution in [1.82, 2.24) is 4.90 Å². The lowest BCUT2D eigenvalue weighted by Gasteiger charge is -2.22. The monoisotopic (exact) mass is 399 g/mol. The molecule has 1 aliphatic rings. The van der Waals surface area contributed by atoms with Crippen molar-refractivity contribution in [1.29, 1.82) is 0 Å². The minimum absolute atomic E-state index is 0.240. The van der Waals surface area contributed by atoms with Gasteiger partial charge in [-0.05, 0) is 19.1 Å². The van der Waals surface area contributed by atoms with Crippen molar-refractivity contribution < 1.29 is 38.4 Å². The van der Waals surface area contributed by atoms with Crippen molar-refractivity contribution in [3.63, 3.8) is 0 Å². The summed E-state index contributed by atoms with van der Waals surface area (Å²) in [6.45, 7) is 2.73. The van der Waals surface area contributed by atoms with Gasteiger partial charge in [0.05, 0.1) is 18.2 Å². The number of phenolic OH excluding ortho intramolecular Hbond substituents is 1. The Labute approximate surface area is 157 Å². The fourth-order valence-electron chi connectivity index (χ4n) is 3.26. The molecule has 0 saturated carbocycles. The van der Waals surface area contributed by atoms with E-state index in [1.807, 2.05) is 0 Å². The average Bonchev–Trinajstić information content (AvgIpc) is 3.34. The number of hydrogen-bond donors (Lipinski definition) is 4. The van der Waals surface area contributed by atoms with E-state index in [1.165, 1.54) is 6.92 Å². The first-order valence-corrected chi connectivity index (χ1v) is 8.54. The number of aromatic hydroxyl groups is 1. The Morgan fingerprint density at radius 1 is 1.32 bits per heavy atom. The lowest BCUT2D eigenvalue weighted by molar-refractivity contribution is -0.0314. The predicted molar refractivity (Wildman–Crippen MR) is 91.7 cm³/mol. The summed E-state index contributed by atoms with van der Waals surface area (Å²) in [5.74, 6) is -5.52. The molecule has 2 aromatic rings. The SMILES string of the molecule is CC(CO)C(O)C(O)C1C(C)N1C(=O)c1cc2cc(F)c(O)c(F)c2oc1=O. The normalized spacial score (nSPS) is 22.2. The highest BCUT2D eigenvalue weighted by Crippen LogP contribution is 2.35. The van der Waals surface area contributed by atoms with Gasteiger partial charge in [-0.3, -0.25) is 4.79 Å². The highest BCUT2D eigenvalue weighted by atomic mass is 19.1. The molecule has 0 radical (unpaired) electrons. The van der Waals surface area contributed by atoms with Crippen LogP contribution in [0.25, 0.3) is 11.0 Å². The minimum Gasteiger partial charge on any atom is -0.503 e. The Kier molecular flexibility index (Phi) is 5.13. The molecule has 5 atom stereocenters. The maximum absolute atomic E-state index is 13.9. The number of halogens is 2. The number of rotatable bonds is 5. The Hall–Kier alpha value is -2.56. The quantitative estimate of drug-likeness (QED) is 0.421. The molecule has 0 aliphatic carbocycles. The first-order chi connectivity index (χ1) is 13.1. The third-order valence-electron chi connectivity index (χ3n) is 5.09. The molecular weight excluding hydrogens is 380 g/mol. The standard InChI is InChI=1S/C18H19F2NO7/c1-6(5-22)13(23)15(25)12-7(2)21(12)17(26)9-3-8-4-10(19)14(24)11(20)16(8)28-18(9)27/h3-4,6-7,12-13,15,22-25H,5H2,1-2H3. The van der Waals surface area contributed by atoms with Crippen molar-refractivity contribution in [2.24, 2.45) is 5.92 Å². The molecule has 0 spiro atoms. The van der Waals surface area contributed by atoms with Gasteiger partial charge >= 0.3 is 5.63 Å². The number of amides is 1. The van der Waals surface area contributed by atoms with E-state index in [1.54, 1.807) is 6.92 Å². The van der Waals surface area contributed by atoms with Gasteiger partial charge < -0.3 is 29.7 Å². The van der Waals surface area contributed by atoms with E-state index in [0.29, 0.717) is 0 Å². The third kappa shape index (κ3) is 3.13. The molecule has 5 unspecified atom stereocenters. The number of carbonyl (C=O) groups is 1. The number of phenols is 1. The minimum atomic E-state index is -1.46.